The minimum atomic E-state index is -3.13. The Morgan fingerprint density at radius 2 is 1.64 bits per heavy atom. The van der Waals surface area contributed by atoms with Crippen molar-refractivity contribution in [1.82, 2.24) is 14.3 Å². The smallest absolute Gasteiger partial charge is 0.316 e. The molecular weight excluding hydrogens is 302 g/mol. The van der Waals surface area contributed by atoms with E-state index in [1.165, 1.54) is 6.42 Å². The number of piperidine rings is 1. The van der Waals surface area contributed by atoms with E-state index < -0.39 is 10.0 Å². The van der Waals surface area contributed by atoms with Crippen LogP contribution in [0.15, 0.2) is 18.5 Å². The Kier molecular flexibility index (Phi) is 4.93. The van der Waals surface area contributed by atoms with Gasteiger partial charge in [0.25, 0.3) is 0 Å². The van der Waals surface area contributed by atoms with E-state index in [0.717, 1.165) is 25.7 Å². The number of rotatable bonds is 4. The highest BCUT2D eigenvalue weighted by atomic mass is 32.2. The molecule has 0 amide bonds. The number of nitrogens with zero attached hydrogens (tertiary/aromatic N) is 3. The van der Waals surface area contributed by atoms with Gasteiger partial charge in [-0.3, -0.25) is 0 Å². The van der Waals surface area contributed by atoms with Gasteiger partial charge in [-0.15, -0.1) is 0 Å². The fourth-order valence-corrected chi connectivity index (χ4v) is 5.34. The maximum absolute atomic E-state index is 12.7. The molecule has 122 valence electrons. The van der Waals surface area contributed by atoms with E-state index in [-0.39, 0.29) is 11.4 Å². The second-order valence-electron chi connectivity index (χ2n) is 6.05. The lowest BCUT2D eigenvalue weighted by atomic mass is 10.0. The van der Waals surface area contributed by atoms with Crippen LogP contribution in [0.25, 0.3) is 0 Å². The second kappa shape index (κ2) is 6.91. The Hall–Kier alpha value is -1.21. The molecular formula is C15H23N3O3S. The Morgan fingerprint density at radius 3 is 2.27 bits per heavy atom. The van der Waals surface area contributed by atoms with Gasteiger partial charge in [0, 0.05) is 25.5 Å². The standard InChI is InChI=1S/C15H23N3O3S/c19-22(20,14-5-2-1-3-6-14)18-11-7-13(8-12-18)21-15-16-9-4-10-17-15/h4,9-10,13-14H,1-3,5-8,11-12H2. The zero-order valence-electron chi connectivity index (χ0n) is 12.7. The second-order valence-corrected chi connectivity index (χ2v) is 8.27. The lowest BCUT2D eigenvalue weighted by Crippen LogP contribution is -2.46. The van der Waals surface area contributed by atoms with Gasteiger partial charge >= 0.3 is 6.01 Å². The summed E-state index contributed by atoms with van der Waals surface area (Å²) in [6, 6.07) is 2.11. The first kappa shape index (κ1) is 15.7. The van der Waals surface area contributed by atoms with Crippen molar-refractivity contribution in [2.24, 2.45) is 0 Å². The molecule has 2 aliphatic rings. The van der Waals surface area contributed by atoms with Crippen molar-refractivity contribution < 1.29 is 13.2 Å². The summed E-state index contributed by atoms with van der Waals surface area (Å²) < 4.78 is 32.7. The SMILES string of the molecule is O=S(=O)(C1CCCCC1)N1CCC(Oc2ncccn2)CC1. The quantitative estimate of drug-likeness (QED) is 0.846. The zero-order valence-corrected chi connectivity index (χ0v) is 13.5. The number of hydrogen-bond acceptors (Lipinski definition) is 5. The number of hydrogen-bond donors (Lipinski definition) is 0. The van der Waals surface area contributed by atoms with E-state index in [4.69, 9.17) is 4.74 Å². The van der Waals surface area contributed by atoms with Crippen LogP contribution in [-0.4, -0.2) is 47.1 Å². The molecule has 7 heteroatoms. The minimum Gasteiger partial charge on any atom is -0.460 e. The van der Waals surface area contributed by atoms with E-state index in [1.54, 1.807) is 22.8 Å². The summed E-state index contributed by atoms with van der Waals surface area (Å²) in [6.45, 7) is 1.08. The van der Waals surface area contributed by atoms with Gasteiger partial charge in [-0.25, -0.2) is 22.7 Å². The molecule has 22 heavy (non-hydrogen) atoms. The lowest BCUT2D eigenvalue weighted by molar-refractivity contribution is 0.123. The lowest BCUT2D eigenvalue weighted by Gasteiger charge is -2.34. The third kappa shape index (κ3) is 3.57. The molecule has 0 spiro atoms. The maximum Gasteiger partial charge on any atom is 0.316 e. The first-order chi connectivity index (χ1) is 10.7. The number of ether oxygens (including phenoxy) is 1. The topological polar surface area (TPSA) is 72.4 Å². The minimum absolute atomic E-state index is 0.000191. The molecule has 0 unspecified atom stereocenters. The molecule has 0 aromatic carbocycles. The van der Waals surface area contributed by atoms with Crippen molar-refractivity contribution in [2.45, 2.75) is 56.3 Å². The summed E-state index contributed by atoms with van der Waals surface area (Å²) in [5.74, 6) is 0. The average Bonchev–Trinajstić information content (AvgIpc) is 2.57. The molecule has 2 heterocycles. The summed E-state index contributed by atoms with van der Waals surface area (Å²) in [7, 11) is -3.13. The van der Waals surface area contributed by atoms with Crippen LogP contribution in [0.3, 0.4) is 0 Å². The van der Waals surface area contributed by atoms with Crippen molar-refractivity contribution >= 4 is 10.0 Å². The van der Waals surface area contributed by atoms with Crippen LogP contribution in [0.2, 0.25) is 0 Å². The van der Waals surface area contributed by atoms with E-state index >= 15 is 0 Å². The van der Waals surface area contributed by atoms with Crippen LogP contribution in [0.1, 0.15) is 44.9 Å². The van der Waals surface area contributed by atoms with Crippen molar-refractivity contribution in [3.63, 3.8) is 0 Å². The summed E-state index contributed by atoms with van der Waals surface area (Å²) >= 11 is 0. The molecule has 1 saturated carbocycles. The van der Waals surface area contributed by atoms with E-state index in [9.17, 15) is 8.42 Å². The molecule has 6 nitrogen and oxygen atoms in total. The summed E-state index contributed by atoms with van der Waals surface area (Å²) in [4.78, 5) is 8.10. The molecule has 0 bridgehead atoms. The van der Waals surface area contributed by atoms with Gasteiger partial charge in [-0.2, -0.15) is 0 Å². The summed E-state index contributed by atoms with van der Waals surface area (Å²) in [6.07, 6.45) is 9.56. The largest absolute Gasteiger partial charge is 0.460 e. The fraction of sp³-hybridized carbons (Fsp3) is 0.733. The van der Waals surface area contributed by atoms with Gasteiger partial charge in [0.2, 0.25) is 10.0 Å². The van der Waals surface area contributed by atoms with Crippen molar-refractivity contribution in [1.29, 1.82) is 0 Å². The Morgan fingerprint density at radius 1 is 1.00 bits per heavy atom. The maximum atomic E-state index is 12.7. The number of sulfonamides is 1. The molecule has 1 saturated heterocycles. The molecule has 2 fully saturated rings. The summed E-state index contributed by atoms with van der Waals surface area (Å²) in [5, 5.41) is -0.170. The molecule has 3 rings (SSSR count). The van der Waals surface area contributed by atoms with Crippen LogP contribution in [0.5, 0.6) is 6.01 Å². The highest BCUT2D eigenvalue weighted by molar-refractivity contribution is 7.89. The van der Waals surface area contributed by atoms with Gasteiger partial charge in [0.15, 0.2) is 0 Å². The van der Waals surface area contributed by atoms with Crippen LogP contribution < -0.4 is 4.74 Å². The van der Waals surface area contributed by atoms with Crippen molar-refractivity contribution in [3.05, 3.63) is 18.5 Å². The highest BCUT2D eigenvalue weighted by Gasteiger charge is 2.35. The Labute approximate surface area is 132 Å². The molecule has 0 radical (unpaired) electrons. The summed E-state index contributed by atoms with van der Waals surface area (Å²) in [5.41, 5.74) is 0. The highest BCUT2D eigenvalue weighted by Crippen LogP contribution is 2.28. The normalized spacial score (nSPS) is 22.5. The Balaban J connectivity index is 1.54. The van der Waals surface area contributed by atoms with E-state index in [1.807, 2.05) is 0 Å². The first-order valence-electron chi connectivity index (χ1n) is 8.09. The van der Waals surface area contributed by atoms with Gasteiger partial charge < -0.3 is 4.74 Å². The third-order valence-corrected chi connectivity index (χ3v) is 6.95. The predicted molar refractivity (Wildman–Crippen MR) is 83.0 cm³/mol. The molecule has 1 aliphatic heterocycles. The fourth-order valence-electron chi connectivity index (χ4n) is 3.27. The van der Waals surface area contributed by atoms with Gasteiger partial charge in [0.05, 0.1) is 5.25 Å². The van der Waals surface area contributed by atoms with Crippen LogP contribution in [-0.2, 0) is 10.0 Å². The monoisotopic (exact) mass is 325 g/mol. The molecule has 1 aromatic heterocycles. The third-order valence-electron chi connectivity index (χ3n) is 4.55. The van der Waals surface area contributed by atoms with Crippen molar-refractivity contribution in [3.8, 4) is 6.01 Å². The number of aromatic nitrogens is 2. The predicted octanol–water partition coefficient (Wildman–Crippen LogP) is 1.98. The molecule has 1 aliphatic carbocycles. The molecule has 0 atom stereocenters. The van der Waals surface area contributed by atoms with Gasteiger partial charge in [-0.05, 0) is 31.7 Å². The molecule has 1 aromatic rings. The van der Waals surface area contributed by atoms with Gasteiger partial charge in [0.1, 0.15) is 6.10 Å². The van der Waals surface area contributed by atoms with Crippen LogP contribution in [0, 0.1) is 0 Å². The van der Waals surface area contributed by atoms with Crippen LogP contribution >= 0.6 is 0 Å². The molecule has 0 N–H and O–H groups in total. The zero-order chi connectivity index (χ0) is 15.4. The average molecular weight is 325 g/mol. The van der Waals surface area contributed by atoms with Gasteiger partial charge in [-0.1, -0.05) is 19.3 Å². The van der Waals surface area contributed by atoms with Crippen LogP contribution in [0.4, 0.5) is 0 Å². The van der Waals surface area contributed by atoms with E-state index in [2.05, 4.69) is 9.97 Å². The first-order valence-corrected chi connectivity index (χ1v) is 9.59. The van der Waals surface area contributed by atoms with Crippen molar-refractivity contribution in [2.75, 3.05) is 13.1 Å². The Bertz CT molecular complexity index is 565. The van der Waals surface area contributed by atoms with E-state index in [0.29, 0.717) is 31.9 Å².